The molecule has 3 rings (SSSR count). The number of amides is 1. The Bertz CT molecular complexity index is 490. The summed E-state index contributed by atoms with van der Waals surface area (Å²) < 4.78 is 0. The molecule has 1 N–H and O–H groups in total. The van der Waals surface area contributed by atoms with Crippen LogP contribution in [0.5, 0.6) is 0 Å². The first-order valence-corrected chi connectivity index (χ1v) is 8.60. The lowest BCUT2D eigenvalue weighted by atomic mass is 9.91. The Labute approximate surface area is 132 Å². The Morgan fingerprint density at radius 2 is 1.91 bits per heavy atom. The van der Waals surface area contributed by atoms with E-state index in [1.165, 1.54) is 12.0 Å². The fraction of sp³-hybridized carbons (Fsp3) is 0.706. The molecule has 120 valence electrons. The van der Waals surface area contributed by atoms with E-state index in [0.717, 1.165) is 51.1 Å². The monoisotopic (exact) mass is 302 g/mol. The lowest BCUT2D eigenvalue weighted by molar-refractivity contribution is -0.123. The number of hydrogen-bond donors (Lipinski definition) is 1. The van der Waals surface area contributed by atoms with E-state index in [4.69, 9.17) is 0 Å². The smallest absolute Gasteiger partial charge is 0.225 e. The number of hydrogen-bond acceptors (Lipinski definition) is 4. The predicted octanol–water partition coefficient (Wildman–Crippen LogP) is 2.31. The zero-order valence-corrected chi connectivity index (χ0v) is 13.4. The number of aromatic nitrogens is 2. The van der Waals surface area contributed by atoms with E-state index in [1.54, 1.807) is 0 Å². The van der Waals surface area contributed by atoms with Crippen LogP contribution >= 0.6 is 0 Å². The molecule has 5 heteroatoms. The Morgan fingerprint density at radius 3 is 2.45 bits per heavy atom. The van der Waals surface area contributed by atoms with Crippen molar-refractivity contribution >= 4 is 11.9 Å². The standard InChI is InChI=1S/C17H26N4O/c1-2-13-11-18-17(19-12-13)21-8-6-14(7-9-21)10-16(22)20-15-4-3-5-15/h11-12,14-15H,2-10H2,1H3,(H,20,22). The minimum Gasteiger partial charge on any atom is -0.353 e. The Balaban J connectivity index is 1.44. The van der Waals surface area contributed by atoms with E-state index >= 15 is 0 Å². The highest BCUT2D eigenvalue weighted by Crippen LogP contribution is 2.24. The molecule has 2 fully saturated rings. The van der Waals surface area contributed by atoms with Crippen molar-refractivity contribution in [1.29, 1.82) is 0 Å². The first kappa shape index (κ1) is 15.3. The van der Waals surface area contributed by atoms with Crippen molar-refractivity contribution in [3.63, 3.8) is 0 Å². The van der Waals surface area contributed by atoms with Crippen LogP contribution in [-0.4, -0.2) is 35.0 Å². The number of nitrogens with zero attached hydrogens (tertiary/aromatic N) is 3. The van der Waals surface area contributed by atoms with E-state index in [1.807, 2.05) is 12.4 Å². The maximum absolute atomic E-state index is 12.0. The zero-order chi connectivity index (χ0) is 15.4. The van der Waals surface area contributed by atoms with Crippen LogP contribution in [0.1, 0.15) is 51.0 Å². The molecule has 0 aromatic carbocycles. The van der Waals surface area contributed by atoms with E-state index < -0.39 is 0 Å². The van der Waals surface area contributed by atoms with E-state index in [9.17, 15) is 4.79 Å². The van der Waals surface area contributed by atoms with Crippen LogP contribution in [0.25, 0.3) is 0 Å². The first-order valence-electron chi connectivity index (χ1n) is 8.60. The third kappa shape index (κ3) is 3.76. The topological polar surface area (TPSA) is 58.1 Å². The van der Waals surface area contributed by atoms with Crippen LogP contribution in [0.4, 0.5) is 5.95 Å². The maximum atomic E-state index is 12.0. The third-order valence-electron chi connectivity index (χ3n) is 4.94. The molecule has 22 heavy (non-hydrogen) atoms. The van der Waals surface area contributed by atoms with Crippen molar-refractivity contribution in [3.8, 4) is 0 Å². The summed E-state index contributed by atoms with van der Waals surface area (Å²) in [5.74, 6) is 1.58. The molecule has 1 aromatic heterocycles. The fourth-order valence-electron chi connectivity index (χ4n) is 3.13. The van der Waals surface area contributed by atoms with Crippen LogP contribution in [0.15, 0.2) is 12.4 Å². The van der Waals surface area contributed by atoms with Gasteiger partial charge in [-0.05, 0) is 50.0 Å². The largest absolute Gasteiger partial charge is 0.353 e. The maximum Gasteiger partial charge on any atom is 0.225 e. The van der Waals surface area contributed by atoms with Gasteiger partial charge in [-0.15, -0.1) is 0 Å². The summed E-state index contributed by atoms with van der Waals surface area (Å²) in [7, 11) is 0. The minimum absolute atomic E-state index is 0.242. The molecule has 1 aromatic rings. The molecule has 0 radical (unpaired) electrons. The summed E-state index contributed by atoms with van der Waals surface area (Å²) in [6, 6.07) is 0.457. The number of aryl methyl sites for hydroxylation is 1. The molecule has 0 bridgehead atoms. The van der Waals surface area contributed by atoms with Crippen LogP contribution in [0, 0.1) is 5.92 Å². The van der Waals surface area contributed by atoms with Crippen LogP contribution in [0.2, 0.25) is 0 Å². The molecule has 2 heterocycles. The summed E-state index contributed by atoms with van der Waals surface area (Å²) in [6.45, 7) is 4.01. The Kier molecular flexibility index (Phi) is 4.90. The highest BCUT2D eigenvalue weighted by atomic mass is 16.1. The molecule has 1 aliphatic carbocycles. The van der Waals surface area contributed by atoms with Crippen molar-refractivity contribution in [1.82, 2.24) is 15.3 Å². The van der Waals surface area contributed by atoms with Gasteiger partial charge in [-0.2, -0.15) is 0 Å². The summed E-state index contributed by atoms with van der Waals surface area (Å²) in [5, 5.41) is 3.14. The highest BCUT2D eigenvalue weighted by molar-refractivity contribution is 5.76. The quantitative estimate of drug-likeness (QED) is 0.907. The number of anilines is 1. The number of piperidine rings is 1. The number of nitrogens with one attached hydrogen (secondary N) is 1. The number of carbonyl (C=O) groups is 1. The van der Waals surface area contributed by atoms with Crippen LogP contribution < -0.4 is 10.2 Å². The fourth-order valence-corrected chi connectivity index (χ4v) is 3.13. The van der Waals surface area contributed by atoms with Gasteiger partial charge in [0.2, 0.25) is 11.9 Å². The van der Waals surface area contributed by atoms with Crippen LogP contribution in [0.3, 0.4) is 0 Å². The normalized spacial score (nSPS) is 19.8. The van der Waals surface area contributed by atoms with E-state index in [-0.39, 0.29) is 5.91 Å². The molecule has 1 saturated carbocycles. The highest BCUT2D eigenvalue weighted by Gasteiger charge is 2.25. The van der Waals surface area contributed by atoms with Gasteiger partial charge in [0.25, 0.3) is 0 Å². The third-order valence-corrected chi connectivity index (χ3v) is 4.94. The van der Waals surface area contributed by atoms with Gasteiger partial charge in [0.15, 0.2) is 0 Å². The average Bonchev–Trinajstić information content (AvgIpc) is 2.52. The van der Waals surface area contributed by atoms with Crippen molar-refractivity contribution in [2.75, 3.05) is 18.0 Å². The lowest BCUT2D eigenvalue weighted by Gasteiger charge is -2.32. The Morgan fingerprint density at radius 1 is 1.23 bits per heavy atom. The van der Waals surface area contributed by atoms with Crippen molar-refractivity contribution < 1.29 is 4.79 Å². The van der Waals surface area contributed by atoms with E-state index in [2.05, 4.69) is 27.1 Å². The van der Waals surface area contributed by atoms with E-state index in [0.29, 0.717) is 18.4 Å². The molecule has 0 unspecified atom stereocenters. The number of rotatable bonds is 5. The zero-order valence-electron chi connectivity index (χ0n) is 13.4. The van der Waals surface area contributed by atoms with Crippen molar-refractivity contribution in [2.45, 2.75) is 57.9 Å². The number of carbonyl (C=O) groups excluding carboxylic acids is 1. The molecule has 0 atom stereocenters. The van der Waals surface area contributed by atoms with Gasteiger partial charge in [-0.25, -0.2) is 9.97 Å². The van der Waals surface area contributed by atoms with Gasteiger partial charge < -0.3 is 10.2 Å². The second kappa shape index (κ2) is 7.07. The predicted molar refractivity (Wildman–Crippen MR) is 86.7 cm³/mol. The minimum atomic E-state index is 0.242. The second-order valence-corrected chi connectivity index (χ2v) is 6.57. The Hall–Kier alpha value is -1.65. The van der Waals surface area contributed by atoms with Gasteiger partial charge in [0.05, 0.1) is 0 Å². The van der Waals surface area contributed by atoms with Crippen molar-refractivity contribution in [2.24, 2.45) is 5.92 Å². The van der Waals surface area contributed by atoms with Gasteiger partial charge in [0, 0.05) is 37.9 Å². The summed E-state index contributed by atoms with van der Waals surface area (Å²) in [6.07, 6.45) is 11.2. The molecule has 1 amide bonds. The lowest BCUT2D eigenvalue weighted by Crippen LogP contribution is -2.41. The molecule has 0 spiro atoms. The average molecular weight is 302 g/mol. The van der Waals surface area contributed by atoms with Gasteiger partial charge in [-0.3, -0.25) is 4.79 Å². The van der Waals surface area contributed by atoms with Gasteiger partial charge in [-0.1, -0.05) is 6.92 Å². The molecular weight excluding hydrogens is 276 g/mol. The second-order valence-electron chi connectivity index (χ2n) is 6.57. The molecule has 1 saturated heterocycles. The first-order chi connectivity index (χ1) is 10.7. The van der Waals surface area contributed by atoms with Crippen LogP contribution in [-0.2, 0) is 11.2 Å². The summed E-state index contributed by atoms with van der Waals surface area (Å²) in [5.41, 5.74) is 1.17. The van der Waals surface area contributed by atoms with Gasteiger partial charge in [0.1, 0.15) is 0 Å². The SMILES string of the molecule is CCc1cnc(N2CCC(CC(=O)NC3CCC3)CC2)nc1. The molecule has 1 aliphatic heterocycles. The summed E-state index contributed by atoms with van der Waals surface area (Å²) in [4.78, 5) is 23.1. The van der Waals surface area contributed by atoms with Crippen molar-refractivity contribution in [3.05, 3.63) is 18.0 Å². The molecule has 2 aliphatic rings. The molecular formula is C17H26N4O. The van der Waals surface area contributed by atoms with Gasteiger partial charge >= 0.3 is 0 Å². The molecule has 5 nitrogen and oxygen atoms in total. The summed E-state index contributed by atoms with van der Waals surface area (Å²) >= 11 is 0.